The first-order chi connectivity index (χ1) is 12.0. The van der Waals surface area contributed by atoms with Gasteiger partial charge in [-0.3, -0.25) is 14.8 Å². The van der Waals surface area contributed by atoms with E-state index in [1.165, 1.54) is 5.48 Å². The largest absolute Gasteiger partial charge is 0.399 e. The molecule has 2 aromatic rings. The highest BCUT2D eigenvalue weighted by Gasteiger charge is 2.19. The van der Waals surface area contributed by atoms with Crippen molar-refractivity contribution in [1.29, 1.82) is 0 Å². The number of hydrogen-bond donors (Lipinski definition) is 5. The van der Waals surface area contributed by atoms with E-state index < -0.39 is 24.5 Å². The fraction of sp³-hybridized carbons (Fsp3) is 0.111. The van der Waals surface area contributed by atoms with Gasteiger partial charge in [-0.1, -0.05) is 11.8 Å². The Labute approximate surface area is 144 Å². The number of nitrogens with one attached hydrogen (secondary N) is 2. The molecule has 128 valence electrons. The smallest absolute Gasteiger partial charge is 0.268 e. The molecule has 2 rings (SSSR count). The molecule has 0 unspecified atom stereocenters. The highest BCUT2D eigenvalue weighted by Crippen LogP contribution is 2.06. The average Bonchev–Trinajstić information content (AvgIpc) is 2.65. The molecular formula is C18H17N3O4. The van der Waals surface area contributed by atoms with Gasteiger partial charge in [0.2, 0.25) is 0 Å². The molecule has 0 saturated heterocycles. The van der Waals surface area contributed by atoms with Gasteiger partial charge in [0.25, 0.3) is 11.8 Å². The Morgan fingerprint density at radius 2 is 1.52 bits per heavy atom. The Morgan fingerprint density at radius 1 is 1.00 bits per heavy atom. The second-order valence-electron chi connectivity index (χ2n) is 5.13. The first-order valence-corrected chi connectivity index (χ1v) is 7.37. The van der Waals surface area contributed by atoms with Gasteiger partial charge < -0.3 is 16.2 Å². The molecule has 1 atom stereocenters. The Morgan fingerprint density at radius 3 is 2.00 bits per heavy atom. The molecule has 2 amide bonds. The molecule has 0 aliphatic carbocycles. The Kier molecular flexibility index (Phi) is 6.12. The molecule has 0 aromatic heterocycles. The van der Waals surface area contributed by atoms with E-state index in [4.69, 9.17) is 16.0 Å². The highest BCUT2D eigenvalue weighted by atomic mass is 16.5. The van der Waals surface area contributed by atoms with Gasteiger partial charge in [-0.15, -0.1) is 0 Å². The predicted molar refractivity (Wildman–Crippen MR) is 91.5 cm³/mol. The van der Waals surface area contributed by atoms with Crippen LogP contribution in [0.15, 0.2) is 48.5 Å². The lowest BCUT2D eigenvalue weighted by Gasteiger charge is -2.13. The van der Waals surface area contributed by atoms with E-state index in [2.05, 4.69) is 17.2 Å². The first kappa shape index (κ1) is 18.0. The maximum absolute atomic E-state index is 12.0. The third-order valence-corrected chi connectivity index (χ3v) is 3.32. The zero-order valence-electron chi connectivity index (χ0n) is 13.2. The lowest BCUT2D eigenvalue weighted by Crippen LogP contribution is -2.48. The molecule has 0 spiro atoms. The summed E-state index contributed by atoms with van der Waals surface area (Å²) in [4.78, 5) is 23.3. The minimum absolute atomic E-state index is 0.294. The second kappa shape index (κ2) is 8.49. The van der Waals surface area contributed by atoms with Crippen molar-refractivity contribution in [2.45, 2.75) is 6.04 Å². The van der Waals surface area contributed by atoms with Gasteiger partial charge in [-0.2, -0.15) is 0 Å². The molecule has 0 bridgehead atoms. The van der Waals surface area contributed by atoms with Gasteiger partial charge in [0.05, 0.1) is 6.61 Å². The summed E-state index contributed by atoms with van der Waals surface area (Å²) >= 11 is 0. The number of aliphatic hydroxyl groups excluding tert-OH is 1. The summed E-state index contributed by atoms with van der Waals surface area (Å²) in [6, 6.07) is 12.3. The van der Waals surface area contributed by atoms with Gasteiger partial charge in [0.1, 0.15) is 6.04 Å². The quantitative estimate of drug-likeness (QED) is 0.237. The van der Waals surface area contributed by atoms with Crippen molar-refractivity contribution in [3.05, 3.63) is 65.2 Å². The molecule has 0 aliphatic heterocycles. The van der Waals surface area contributed by atoms with Crippen LogP contribution in [0.5, 0.6) is 0 Å². The maximum Gasteiger partial charge on any atom is 0.268 e. The maximum atomic E-state index is 12.0. The normalized spacial score (nSPS) is 11.0. The van der Waals surface area contributed by atoms with Gasteiger partial charge in [0.15, 0.2) is 0 Å². The monoisotopic (exact) mass is 339 g/mol. The van der Waals surface area contributed by atoms with Crippen LogP contribution in [0.4, 0.5) is 5.69 Å². The third kappa shape index (κ3) is 5.07. The van der Waals surface area contributed by atoms with Crippen molar-refractivity contribution in [2.24, 2.45) is 0 Å². The lowest BCUT2D eigenvalue weighted by molar-refractivity contribution is -0.132. The number of hydrogen-bond acceptors (Lipinski definition) is 5. The summed E-state index contributed by atoms with van der Waals surface area (Å²) in [5.41, 5.74) is 9.47. The van der Waals surface area contributed by atoms with Crippen LogP contribution in [-0.4, -0.2) is 34.8 Å². The van der Waals surface area contributed by atoms with Crippen LogP contribution in [0.3, 0.4) is 0 Å². The molecule has 0 heterocycles. The van der Waals surface area contributed by atoms with E-state index in [0.29, 0.717) is 16.8 Å². The summed E-state index contributed by atoms with van der Waals surface area (Å²) in [5, 5.41) is 19.9. The number of nitrogen functional groups attached to an aromatic ring is 1. The van der Waals surface area contributed by atoms with E-state index in [1.54, 1.807) is 36.4 Å². The standard InChI is InChI=1S/C18H17N3O4/c19-15-9-5-13(6-10-15)2-1-12-3-7-14(8-4-12)17(23)20-16(11-22)18(24)21-25/h3-10,16,22,25H,11,19H2,(H,20,23)(H,21,24)/t16-/m1/s1. The van der Waals surface area contributed by atoms with Crippen molar-refractivity contribution in [1.82, 2.24) is 10.8 Å². The van der Waals surface area contributed by atoms with Crippen LogP contribution >= 0.6 is 0 Å². The lowest BCUT2D eigenvalue weighted by atomic mass is 10.1. The van der Waals surface area contributed by atoms with Gasteiger partial charge >= 0.3 is 0 Å². The second-order valence-corrected chi connectivity index (χ2v) is 5.13. The number of benzene rings is 2. The molecule has 2 aromatic carbocycles. The summed E-state index contributed by atoms with van der Waals surface area (Å²) in [5.74, 6) is 4.49. The molecule has 6 N–H and O–H groups in total. The van der Waals surface area contributed by atoms with Crippen molar-refractivity contribution in [3.8, 4) is 11.8 Å². The summed E-state index contributed by atoms with van der Waals surface area (Å²) in [7, 11) is 0. The van der Waals surface area contributed by atoms with Crippen molar-refractivity contribution in [3.63, 3.8) is 0 Å². The molecule has 7 heteroatoms. The average molecular weight is 339 g/mol. The van der Waals surface area contributed by atoms with E-state index >= 15 is 0 Å². The molecular weight excluding hydrogens is 322 g/mol. The van der Waals surface area contributed by atoms with E-state index in [0.717, 1.165) is 5.56 Å². The molecule has 0 saturated carbocycles. The summed E-state index contributed by atoms with van der Waals surface area (Å²) in [6.45, 7) is -0.636. The van der Waals surface area contributed by atoms with Crippen LogP contribution in [-0.2, 0) is 4.79 Å². The van der Waals surface area contributed by atoms with Crippen LogP contribution < -0.4 is 16.5 Å². The van der Waals surface area contributed by atoms with Crippen molar-refractivity contribution in [2.75, 3.05) is 12.3 Å². The molecule has 7 nitrogen and oxygen atoms in total. The number of amides is 2. The minimum atomic E-state index is -1.23. The number of aliphatic hydroxyl groups is 1. The fourth-order valence-electron chi connectivity index (χ4n) is 1.93. The Bertz CT molecular complexity index is 805. The van der Waals surface area contributed by atoms with Crippen LogP contribution in [0.25, 0.3) is 0 Å². The molecule has 0 aliphatic rings. The number of hydroxylamine groups is 1. The van der Waals surface area contributed by atoms with Gasteiger partial charge in [-0.25, -0.2) is 5.48 Å². The summed E-state index contributed by atoms with van der Waals surface area (Å²) in [6.07, 6.45) is 0. The Hall–Kier alpha value is -3.34. The van der Waals surface area contributed by atoms with Crippen LogP contribution in [0.2, 0.25) is 0 Å². The Balaban J connectivity index is 2.05. The molecule has 0 fully saturated rings. The highest BCUT2D eigenvalue weighted by molar-refractivity contribution is 5.97. The SMILES string of the molecule is Nc1ccc(C#Cc2ccc(C(=O)N[C@H](CO)C(=O)NO)cc2)cc1. The van der Waals surface area contributed by atoms with Crippen LogP contribution in [0, 0.1) is 11.8 Å². The minimum Gasteiger partial charge on any atom is -0.399 e. The fourth-order valence-corrected chi connectivity index (χ4v) is 1.93. The molecule has 25 heavy (non-hydrogen) atoms. The third-order valence-electron chi connectivity index (χ3n) is 3.32. The van der Waals surface area contributed by atoms with E-state index in [9.17, 15) is 9.59 Å². The summed E-state index contributed by atoms with van der Waals surface area (Å²) < 4.78 is 0. The van der Waals surface area contributed by atoms with Crippen molar-refractivity contribution >= 4 is 17.5 Å². The number of anilines is 1. The van der Waals surface area contributed by atoms with E-state index in [-0.39, 0.29) is 0 Å². The number of carbonyl (C=O) groups excluding carboxylic acids is 2. The van der Waals surface area contributed by atoms with E-state index in [1.807, 2.05) is 12.1 Å². The molecule has 0 radical (unpaired) electrons. The number of carbonyl (C=O) groups is 2. The first-order valence-electron chi connectivity index (χ1n) is 7.37. The zero-order valence-corrected chi connectivity index (χ0v) is 13.2. The topological polar surface area (TPSA) is 125 Å². The zero-order chi connectivity index (χ0) is 18.2. The number of rotatable bonds is 4. The van der Waals surface area contributed by atoms with Gasteiger partial charge in [-0.05, 0) is 48.5 Å². The predicted octanol–water partition coefficient (Wildman–Crippen LogP) is 0.265. The van der Waals surface area contributed by atoms with Crippen molar-refractivity contribution < 1.29 is 19.9 Å². The van der Waals surface area contributed by atoms with Crippen LogP contribution in [0.1, 0.15) is 21.5 Å². The number of nitrogens with two attached hydrogens (primary N) is 1. The van der Waals surface area contributed by atoms with Gasteiger partial charge in [0, 0.05) is 22.4 Å².